The topological polar surface area (TPSA) is 64.2 Å². The zero-order valence-corrected chi connectivity index (χ0v) is 18.7. The van der Waals surface area contributed by atoms with Crippen LogP contribution in [0.25, 0.3) is 0 Å². The van der Waals surface area contributed by atoms with Crippen LogP contribution in [0.1, 0.15) is 20.3 Å². The Morgan fingerprint density at radius 2 is 1.69 bits per heavy atom. The van der Waals surface area contributed by atoms with Crippen LogP contribution in [0.15, 0.2) is 28.7 Å². The SMILES string of the molecule is CCN(CC)C(=O)CN1CCN(C(=O)C2CC(=O)N(c3ccc(Br)cc3)C2)CC1. The van der Waals surface area contributed by atoms with E-state index in [2.05, 4.69) is 20.8 Å². The minimum atomic E-state index is -0.296. The molecule has 0 N–H and O–H groups in total. The summed E-state index contributed by atoms with van der Waals surface area (Å²) >= 11 is 3.40. The van der Waals surface area contributed by atoms with Gasteiger partial charge < -0.3 is 14.7 Å². The Kier molecular flexibility index (Phi) is 7.29. The van der Waals surface area contributed by atoms with Gasteiger partial charge >= 0.3 is 0 Å². The van der Waals surface area contributed by atoms with Gasteiger partial charge in [-0.3, -0.25) is 19.3 Å². The maximum absolute atomic E-state index is 13.0. The van der Waals surface area contributed by atoms with Crippen molar-refractivity contribution in [2.75, 3.05) is 57.3 Å². The molecule has 29 heavy (non-hydrogen) atoms. The van der Waals surface area contributed by atoms with E-state index < -0.39 is 0 Å². The molecule has 0 bridgehead atoms. The van der Waals surface area contributed by atoms with Crippen LogP contribution >= 0.6 is 15.9 Å². The molecule has 2 heterocycles. The van der Waals surface area contributed by atoms with Gasteiger partial charge in [0, 0.05) is 62.4 Å². The van der Waals surface area contributed by atoms with E-state index in [1.807, 2.05) is 47.9 Å². The van der Waals surface area contributed by atoms with Crippen LogP contribution < -0.4 is 4.90 Å². The summed E-state index contributed by atoms with van der Waals surface area (Å²) in [6.45, 7) is 8.84. The molecule has 2 fully saturated rings. The Balaban J connectivity index is 1.51. The number of nitrogens with zero attached hydrogens (tertiary/aromatic N) is 4. The Bertz CT molecular complexity index is 743. The summed E-state index contributed by atoms with van der Waals surface area (Å²) in [5, 5.41) is 0. The van der Waals surface area contributed by atoms with Gasteiger partial charge in [-0.1, -0.05) is 15.9 Å². The lowest BCUT2D eigenvalue weighted by molar-refractivity contribution is -0.138. The van der Waals surface area contributed by atoms with Crippen LogP contribution in [0.3, 0.4) is 0 Å². The van der Waals surface area contributed by atoms with Gasteiger partial charge in [0.25, 0.3) is 0 Å². The Morgan fingerprint density at radius 3 is 2.28 bits per heavy atom. The average Bonchev–Trinajstić information content (AvgIpc) is 3.11. The number of likely N-dealkylation sites (N-methyl/N-ethyl adjacent to an activating group) is 1. The third-order valence-corrected chi connectivity index (χ3v) is 6.30. The molecular weight excluding hydrogens is 436 g/mol. The smallest absolute Gasteiger partial charge is 0.236 e. The van der Waals surface area contributed by atoms with E-state index in [0.717, 1.165) is 23.2 Å². The number of hydrogen-bond acceptors (Lipinski definition) is 4. The second-order valence-electron chi connectivity index (χ2n) is 7.55. The van der Waals surface area contributed by atoms with E-state index in [1.165, 1.54) is 0 Å². The Labute approximate surface area is 180 Å². The number of anilines is 1. The lowest BCUT2D eigenvalue weighted by atomic mass is 10.1. The van der Waals surface area contributed by atoms with Crippen molar-refractivity contribution in [1.82, 2.24) is 14.7 Å². The molecule has 158 valence electrons. The average molecular weight is 465 g/mol. The van der Waals surface area contributed by atoms with Gasteiger partial charge in [0.15, 0.2) is 0 Å². The Morgan fingerprint density at radius 1 is 1.07 bits per heavy atom. The van der Waals surface area contributed by atoms with Crippen LogP contribution in [0, 0.1) is 5.92 Å². The minimum absolute atomic E-state index is 0.00544. The fourth-order valence-corrected chi connectivity index (χ4v) is 4.26. The molecule has 2 saturated heterocycles. The highest BCUT2D eigenvalue weighted by Crippen LogP contribution is 2.27. The third kappa shape index (κ3) is 5.17. The van der Waals surface area contributed by atoms with E-state index in [-0.39, 0.29) is 30.1 Å². The van der Waals surface area contributed by atoms with E-state index in [4.69, 9.17) is 0 Å². The van der Waals surface area contributed by atoms with Gasteiger partial charge in [-0.05, 0) is 38.1 Å². The maximum Gasteiger partial charge on any atom is 0.236 e. The molecule has 2 aliphatic heterocycles. The van der Waals surface area contributed by atoms with Gasteiger partial charge in [0.05, 0.1) is 12.5 Å². The molecule has 1 atom stereocenters. The second kappa shape index (κ2) is 9.71. The highest BCUT2D eigenvalue weighted by Gasteiger charge is 2.38. The lowest BCUT2D eigenvalue weighted by Crippen LogP contribution is -2.52. The van der Waals surface area contributed by atoms with Crippen molar-refractivity contribution in [2.45, 2.75) is 20.3 Å². The first kappa shape index (κ1) is 21.8. The fourth-order valence-electron chi connectivity index (χ4n) is 4.00. The zero-order valence-electron chi connectivity index (χ0n) is 17.1. The molecule has 0 aliphatic carbocycles. The van der Waals surface area contributed by atoms with Gasteiger partial charge in [-0.25, -0.2) is 0 Å². The third-order valence-electron chi connectivity index (χ3n) is 5.77. The first-order valence-electron chi connectivity index (χ1n) is 10.3. The van der Waals surface area contributed by atoms with Crippen molar-refractivity contribution in [3.63, 3.8) is 0 Å². The fraction of sp³-hybridized carbons (Fsp3) is 0.571. The summed E-state index contributed by atoms with van der Waals surface area (Å²) in [6.07, 6.45) is 0.259. The molecule has 1 aromatic rings. The van der Waals surface area contributed by atoms with Crippen LogP contribution in [0.5, 0.6) is 0 Å². The lowest BCUT2D eigenvalue weighted by Gasteiger charge is -2.36. The molecule has 1 unspecified atom stereocenters. The minimum Gasteiger partial charge on any atom is -0.342 e. The second-order valence-corrected chi connectivity index (χ2v) is 8.46. The summed E-state index contributed by atoms with van der Waals surface area (Å²) < 4.78 is 0.956. The van der Waals surface area contributed by atoms with E-state index in [9.17, 15) is 14.4 Å². The van der Waals surface area contributed by atoms with Crippen molar-refractivity contribution < 1.29 is 14.4 Å². The first-order valence-corrected chi connectivity index (χ1v) is 11.1. The number of piperazine rings is 1. The van der Waals surface area contributed by atoms with Crippen LogP contribution in [-0.2, 0) is 14.4 Å². The van der Waals surface area contributed by atoms with E-state index in [0.29, 0.717) is 39.3 Å². The predicted octanol–water partition coefficient (Wildman–Crippen LogP) is 1.81. The summed E-state index contributed by atoms with van der Waals surface area (Å²) in [5.74, 6) is -0.113. The van der Waals surface area contributed by atoms with E-state index in [1.54, 1.807) is 4.90 Å². The van der Waals surface area contributed by atoms with Crippen LogP contribution in [-0.4, -0.2) is 84.8 Å². The van der Waals surface area contributed by atoms with E-state index >= 15 is 0 Å². The Hall–Kier alpha value is -1.93. The largest absolute Gasteiger partial charge is 0.342 e. The highest BCUT2D eigenvalue weighted by atomic mass is 79.9. The number of benzene rings is 1. The van der Waals surface area contributed by atoms with Crippen molar-refractivity contribution in [1.29, 1.82) is 0 Å². The number of rotatable bonds is 6. The zero-order chi connectivity index (χ0) is 21.0. The molecule has 0 aromatic heterocycles. The van der Waals surface area contributed by atoms with Gasteiger partial charge in [-0.2, -0.15) is 0 Å². The molecule has 3 amide bonds. The number of hydrogen-bond donors (Lipinski definition) is 0. The molecule has 3 rings (SSSR count). The highest BCUT2D eigenvalue weighted by molar-refractivity contribution is 9.10. The molecule has 0 radical (unpaired) electrons. The molecule has 7 nitrogen and oxygen atoms in total. The van der Waals surface area contributed by atoms with Crippen molar-refractivity contribution in [2.24, 2.45) is 5.92 Å². The molecule has 8 heteroatoms. The van der Waals surface area contributed by atoms with Crippen LogP contribution in [0.2, 0.25) is 0 Å². The summed E-state index contributed by atoms with van der Waals surface area (Å²) in [4.78, 5) is 45.2. The summed E-state index contributed by atoms with van der Waals surface area (Å²) in [7, 11) is 0. The van der Waals surface area contributed by atoms with Gasteiger partial charge in [-0.15, -0.1) is 0 Å². The first-order chi connectivity index (χ1) is 13.9. The standard InChI is InChI=1S/C21H29BrN4O3/c1-3-24(4-2)20(28)15-23-9-11-25(12-10-23)21(29)16-13-19(27)26(14-16)18-7-5-17(22)6-8-18/h5-8,16H,3-4,9-15H2,1-2H3. The normalized spacial score (nSPS) is 20.2. The summed E-state index contributed by atoms with van der Waals surface area (Å²) in [5.41, 5.74) is 0.827. The molecule has 0 saturated carbocycles. The quantitative estimate of drug-likeness (QED) is 0.643. The van der Waals surface area contributed by atoms with Gasteiger partial charge in [0.1, 0.15) is 0 Å². The van der Waals surface area contributed by atoms with Crippen molar-refractivity contribution >= 4 is 39.3 Å². The number of carbonyl (C=O) groups is 3. The molecule has 2 aliphatic rings. The number of carbonyl (C=O) groups excluding carboxylic acids is 3. The molecule has 1 aromatic carbocycles. The van der Waals surface area contributed by atoms with Crippen molar-refractivity contribution in [3.8, 4) is 0 Å². The molecule has 0 spiro atoms. The number of halogens is 1. The van der Waals surface area contributed by atoms with Crippen molar-refractivity contribution in [3.05, 3.63) is 28.7 Å². The van der Waals surface area contributed by atoms with Gasteiger partial charge in [0.2, 0.25) is 17.7 Å². The monoisotopic (exact) mass is 464 g/mol. The number of amides is 3. The predicted molar refractivity (Wildman–Crippen MR) is 116 cm³/mol. The van der Waals surface area contributed by atoms with Crippen LogP contribution in [0.4, 0.5) is 5.69 Å². The maximum atomic E-state index is 13.0. The summed E-state index contributed by atoms with van der Waals surface area (Å²) in [6, 6.07) is 7.58. The molecular formula is C21H29BrN4O3.